The van der Waals surface area contributed by atoms with Crippen LogP contribution >= 0.6 is 11.3 Å². The van der Waals surface area contributed by atoms with Gasteiger partial charge < -0.3 is 9.88 Å². The van der Waals surface area contributed by atoms with Crippen molar-refractivity contribution in [1.29, 1.82) is 0 Å². The molecule has 2 aromatic heterocycles. The third-order valence-corrected chi connectivity index (χ3v) is 5.53. The van der Waals surface area contributed by atoms with E-state index in [4.69, 9.17) is 0 Å². The first-order valence-electron chi connectivity index (χ1n) is 9.08. The highest BCUT2D eigenvalue weighted by Gasteiger charge is 2.29. The molecule has 1 aromatic carbocycles. The summed E-state index contributed by atoms with van der Waals surface area (Å²) in [5.41, 5.74) is 4.93. The number of nitrogens with one attached hydrogen (secondary N) is 1. The zero-order chi connectivity index (χ0) is 17.8. The van der Waals surface area contributed by atoms with E-state index in [-0.39, 0.29) is 11.9 Å². The van der Waals surface area contributed by atoms with Crippen molar-refractivity contribution in [2.24, 2.45) is 0 Å². The molecule has 5 nitrogen and oxygen atoms in total. The molecule has 1 amide bonds. The van der Waals surface area contributed by atoms with E-state index in [9.17, 15) is 4.79 Å². The molecule has 4 rings (SSSR count). The molecule has 0 radical (unpaired) electrons. The van der Waals surface area contributed by atoms with Crippen LogP contribution in [0.15, 0.2) is 47.4 Å². The fourth-order valence-electron chi connectivity index (χ4n) is 3.52. The first-order chi connectivity index (χ1) is 12.8. The molecule has 1 fully saturated rings. The molecule has 1 unspecified atom stereocenters. The largest absolute Gasteiger partial charge is 0.340 e. The molecular formula is C20H22N4OS. The fourth-order valence-corrected chi connectivity index (χ4v) is 4.12. The van der Waals surface area contributed by atoms with Crippen molar-refractivity contribution in [3.8, 4) is 11.3 Å². The standard InChI is InChI=1S/C20H22N4OS/c25-19(10-9-16-13-26-14-22-16)24-11-5-4-8-18(24)20-21-12-17(23-20)15-6-2-1-3-7-15/h1-3,6-7,12-14,18H,4-5,8-11H2,(H,21,23). The molecule has 0 spiro atoms. The van der Waals surface area contributed by atoms with Gasteiger partial charge in [-0.05, 0) is 31.2 Å². The van der Waals surface area contributed by atoms with Crippen molar-refractivity contribution in [2.45, 2.75) is 38.1 Å². The second-order valence-electron chi connectivity index (χ2n) is 6.63. The molecule has 3 heterocycles. The molecule has 1 aliphatic rings. The lowest BCUT2D eigenvalue weighted by Gasteiger charge is -2.34. The maximum absolute atomic E-state index is 12.8. The monoisotopic (exact) mass is 366 g/mol. The minimum Gasteiger partial charge on any atom is -0.340 e. The Morgan fingerprint density at radius 1 is 1.23 bits per heavy atom. The zero-order valence-corrected chi connectivity index (χ0v) is 15.4. The summed E-state index contributed by atoms with van der Waals surface area (Å²) in [6.07, 6.45) is 6.24. The van der Waals surface area contributed by atoms with Gasteiger partial charge in [0.15, 0.2) is 0 Å². The number of imidazole rings is 1. The molecule has 1 aliphatic heterocycles. The fraction of sp³-hybridized carbons (Fsp3) is 0.350. The smallest absolute Gasteiger partial charge is 0.223 e. The van der Waals surface area contributed by atoms with Gasteiger partial charge >= 0.3 is 0 Å². The van der Waals surface area contributed by atoms with Gasteiger partial charge in [0.05, 0.1) is 29.1 Å². The number of aromatic nitrogens is 3. The number of carbonyl (C=O) groups is 1. The maximum atomic E-state index is 12.8. The summed E-state index contributed by atoms with van der Waals surface area (Å²) in [6, 6.07) is 10.2. The van der Waals surface area contributed by atoms with Gasteiger partial charge in [-0.1, -0.05) is 30.3 Å². The molecule has 0 aliphatic carbocycles. The van der Waals surface area contributed by atoms with Crippen LogP contribution in [0.25, 0.3) is 11.3 Å². The normalized spacial score (nSPS) is 17.4. The predicted molar refractivity (Wildman–Crippen MR) is 103 cm³/mol. The lowest BCUT2D eigenvalue weighted by atomic mass is 10.0. The lowest BCUT2D eigenvalue weighted by Crippen LogP contribution is -2.39. The van der Waals surface area contributed by atoms with E-state index in [1.807, 2.05) is 40.2 Å². The van der Waals surface area contributed by atoms with Gasteiger partial charge in [-0.3, -0.25) is 4.79 Å². The number of aryl methyl sites for hydroxylation is 1. The van der Waals surface area contributed by atoms with Gasteiger partial charge in [0.25, 0.3) is 0 Å². The quantitative estimate of drug-likeness (QED) is 0.735. The first-order valence-corrected chi connectivity index (χ1v) is 10.0. The first kappa shape index (κ1) is 17.0. The van der Waals surface area contributed by atoms with Crippen LogP contribution in [-0.4, -0.2) is 32.3 Å². The van der Waals surface area contributed by atoms with E-state index >= 15 is 0 Å². The van der Waals surface area contributed by atoms with E-state index in [0.717, 1.165) is 48.6 Å². The van der Waals surface area contributed by atoms with Gasteiger partial charge in [0, 0.05) is 18.3 Å². The number of hydrogen-bond donors (Lipinski definition) is 1. The minimum atomic E-state index is 0.0455. The van der Waals surface area contributed by atoms with Crippen LogP contribution in [-0.2, 0) is 11.2 Å². The van der Waals surface area contributed by atoms with Crippen molar-refractivity contribution < 1.29 is 4.79 Å². The van der Waals surface area contributed by atoms with Crippen LogP contribution in [0.3, 0.4) is 0 Å². The summed E-state index contributed by atoms with van der Waals surface area (Å²) >= 11 is 1.57. The molecule has 3 aromatic rings. The van der Waals surface area contributed by atoms with Crippen molar-refractivity contribution >= 4 is 17.2 Å². The van der Waals surface area contributed by atoms with Crippen molar-refractivity contribution in [2.75, 3.05) is 6.54 Å². The minimum absolute atomic E-state index is 0.0455. The molecule has 134 valence electrons. The van der Waals surface area contributed by atoms with E-state index < -0.39 is 0 Å². The number of benzene rings is 1. The van der Waals surface area contributed by atoms with Crippen molar-refractivity contribution in [1.82, 2.24) is 19.9 Å². The summed E-state index contributed by atoms with van der Waals surface area (Å²) in [5, 5.41) is 2.01. The number of amides is 1. The third-order valence-electron chi connectivity index (χ3n) is 4.90. The third kappa shape index (κ3) is 3.70. The van der Waals surface area contributed by atoms with Gasteiger partial charge in [-0.25, -0.2) is 9.97 Å². The van der Waals surface area contributed by atoms with E-state index in [0.29, 0.717) is 12.8 Å². The van der Waals surface area contributed by atoms with Gasteiger partial charge in [0.2, 0.25) is 5.91 Å². The number of rotatable bonds is 5. The number of carbonyl (C=O) groups excluding carboxylic acids is 1. The molecule has 0 bridgehead atoms. The Morgan fingerprint density at radius 3 is 2.92 bits per heavy atom. The summed E-state index contributed by atoms with van der Waals surface area (Å²) < 4.78 is 0. The Hall–Kier alpha value is -2.47. The van der Waals surface area contributed by atoms with Crippen LogP contribution in [0.4, 0.5) is 0 Å². The highest BCUT2D eigenvalue weighted by molar-refractivity contribution is 7.07. The van der Waals surface area contributed by atoms with Crippen LogP contribution in [0.1, 0.15) is 43.2 Å². The highest BCUT2D eigenvalue weighted by atomic mass is 32.1. The number of hydrogen-bond acceptors (Lipinski definition) is 4. The van der Waals surface area contributed by atoms with Crippen LogP contribution in [0.2, 0.25) is 0 Å². The van der Waals surface area contributed by atoms with Crippen molar-refractivity contribution in [3.63, 3.8) is 0 Å². The average Bonchev–Trinajstić information content (AvgIpc) is 3.39. The van der Waals surface area contributed by atoms with Gasteiger partial charge in [-0.15, -0.1) is 11.3 Å². The SMILES string of the molecule is O=C(CCc1cscn1)N1CCCCC1c1ncc(-c2ccccc2)[nH]1. The van der Waals surface area contributed by atoms with Crippen LogP contribution in [0.5, 0.6) is 0 Å². The number of likely N-dealkylation sites (tertiary alicyclic amines) is 1. The number of piperidine rings is 1. The number of aromatic amines is 1. The molecular weight excluding hydrogens is 344 g/mol. The molecule has 26 heavy (non-hydrogen) atoms. The lowest BCUT2D eigenvalue weighted by molar-refractivity contribution is -0.135. The Morgan fingerprint density at radius 2 is 2.12 bits per heavy atom. The van der Waals surface area contributed by atoms with Crippen LogP contribution < -0.4 is 0 Å². The highest BCUT2D eigenvalue weighted by Crippen LogP contribution is 2.31. The number of thiazole rings is 1. The van der Waals surface area contributed by atoms with Gasteiger partial charge in [0.1, 0.15) is 5.82 Å². The predicted octanol–water partition coefficient (Wildman–Crippen LogP) is 4.22. The Kier molecular flexibility index (Phi) is 5.11. The topological polar surface area (TPSA) is 61.9 Å². The number of nitrogens with zero attached hydrogens (tertiary/aromatic N) is 3. The summed E-state index contributed by atoms with van der Waals surface area (Å²) in [6.45, 7) is 0.807. The summed E-state index contributed by atoms with van der Waals surface area (Å²) in [5.74, 6) is 1.09. The Labute approximate surface area is 157 Å². The Bertz CT molecular complexity index is 844. The molecule has 0 saturated carbocycles. The molecule has 1 N–H and O–H groups in total. The van der Waals surface area contributed by atoms with Crippen LogP contribution in [0, 0.1) is 0 Å². The Balaban J connectivity index is 1.48. The van der Waals surface area contributed by atoms with E-state index in [1.54, 1.807) is 11.3 Å². The second kappa shape index (κ2) is 7.83. The summed E-state index contributed by atoms with van der Waals surface area (Å²) in [7, 11) is 0. The maximum Gasteiger partial charge on any atom is 0.223 e. The van der Waals surface area contributed by atoms with E-state index in [2.05, 4.69) is 27.1 Å². The number of H-pyrrole nitrogens is 1. The zero-order valence-electron chi connectivity index (χ0n) is 14.6. The molecule has 1 saturated heterocycles. The molecule has 6 heteroatoms. The molecule has 1 atom stereocenters. The van der Waals surface area contributed by atoms with E-state index in [1.165, 1.54) is 0 Å². The summed E-state index contributed by atoms with van der Waals surface area (Å²) in [4.78, 5) is 27.1. The van der Waals surface area contributed by atoms with Gasteiger partial charge in [-0.2, -0.15) is 0 Å². The second-order valence-corrected chi connectivity index (χ2v) is 7.35. The average molecular weight is 366 g/mol. The van der Waals surface area contributed by atoms with Crippen molar-refractivity contribution in [3.05, 3.63) is 58.9 Å².